The molecular weight excluding hydrogens is 224 g/mol. The monoisotopic (exact) mass is 248 g/mol. The van der Waals surface area contributed by atoms with Crippen molar-refractivity contribution in [3.63, 3.8) is 0 Å². The van der Waals surface area contributed by atoms with Crippen LogP contribution in [0.3, 0.4) is 0 Å². The van der Waals surface area contributed by atoms with Gasteiger partial charge in [-0.1, -0.05) is 19.8 Å². The molecule has 0 bridgehead atoms. The van der Waals surface area contributed by atoms with E-state index in [4.69, 9.17) is 0 Å². The molecule has 1 aliphatic rings. The molecular formula is C11H24N2O2S. The summed E-state index contributed by atoms with van der Waals surface area (Å²) in [6.45, 7) is 3.50. The molecule has 1 saturated heterocycles. The second-order valence-electron chi connectivity index (χ2n) is 4.49. The maximum absolute atomic E-state index is 12.1. The molecule has 1 rings (SSSR count). The van der Waals surface area contributed by atoms with Gasteiger partial charge in [0, 0.05) is 19.1 Å². The third kappa shape index (κ3) is 3.71. The van der Waals surface area contributed by atoms with Crippen LogP contribution in [0.1, 0.15) is 39.0 Å². The van der Waals surface area contributed by atoms with Gasteiger partial charge in [0.25, 0.3) is 0 Å². The largest absolute Gasteiger partial charge is 0.318 e. The zero-order valence-corrected chi connectivity index (χ0v) is 11.2. The van der Waals surface area contributed by atoms with Gasteiger partial charge in [-0.3, -0.25) is 0 Å². The highest BCUT2D eigenvalue weighted by molar-refractivity contribution is 7.89. The van der Waals surface area contributed by atoms with Crippen LogP contribution >= 0.6 is 0 Å². The molecule has 0 radical (unpaired) electrons. The summed E-state index contributed by atoms with van der Waals surface area (Å²) < 4.78 is 26.0. The van der Waals surface area contributed by atoms with Gasteiger partial charge < -0.3 is 5.32 Å². The normalized spacial score (nSPS) is 23.5. The van der Waals surface area contributed by atoms with E-state index in [0.717, 1.165) is 38.6 Å². The lowest BCUT2D eigenvalue weighted by molar-refractivity contribution is 0.249. The van der Waals surface area contributed by atoms with E-state index in [-0.39, 0.29) is 6.04 Å². The van der Waals surface area contributed by atoms with Gasteiger partial charge in [-0.05, 0) is 26.3 Å². The minimum absolute atomic E-state index is 0.167. The van der Waals surface area contributed by atoms with Crippen molar-refractivity contribution in [2.75, 3.05) is 25.9 Å². The molecule has 0 aromatic rings. The third-order valence-electron chi connectivity index (χ3n) is 3.13. The van der Waals surface area contributed by atoms with Crippen LogP contribution in [-0.2, 0) is 10.0 Å². The highest BCUT2D eigenvalue weighted by atomic mass is 32.2. The van der Waals surface area contributed by atoms with E-state index < -0.39 is 10.0 Å². The lowest BCUT2D eigenvalue weighted by Crippen LogP contribution is -2.48. The molecule has 1 heterocycles. The fourth-order valence-corrected chi connectivity index (χ4v) is 4.15. The molecule has 0 aromatic carbocycles. The smallest absolute Gasteiger partial charge is 0.214 e. The van der Waals surface area contributed by atoms with Crippen LogP contribution in [0.15, 0.2) is 0 Å². The highest BCUT2D eigenvalue weighted by Gasteiger charge is 2.30. The number of hydrogen-bond donors (Lipinski definition) is 1. The van der Waals surface area contributed by atoms with Gasteiger partial charge in [-0.2, -0.15) is 4.31 Å². The van der Waals surface area contributed by atoms with Gasteiger partial charge in [0.15, 0.2) is 0 Å². The summed E-state index contributed by atoms with van der Waals surface area (Å²) in [4.78, 5) is 0. The molecule has 4 nitrogen and oxygen atoms in total. The summed E-state index contributed by atoms with van der Waals surface area (Å²) >= 11 is 0. The Kier molecular flexibility index (Phi) is 5.72. The molecule has 5 heteroatoms. The fraction of sp³-hybridized carbons (Fsp3) is 1.00. The molecule has 1 aliphatic heterocycles. The van der Waals surface area contributed by atoms with Crippen molar-refractivity contribution in [3.8, 4) is 0 Å². The Hall–Kier alpha value is -0.130. The Labute approximate surface area is 99.5 Å². The molecule has 0 spiro atoms. The molecule has 0 saturated carbocycles. The van der Waals surface area contributed by atoms with E-state index in [0.29, 0.717) is 12.3 Å². The average Bonchev–Trinajstić information content (AvgIpc) is 2.27. The SMILES string of the molecule is CCCCS(=O)(=O)N1CCCCC1CNC. The Morgan fingerprint density at radius 1 is 1.38 bits per heavy atom. The number of unbranched alkanes of at least 4 members (excludes halogenated alkanes) is 1. The first kappa shape index (κ1) is 13.9. The summed E-state index contributed by atoms with van der Waals surface area (Å²) in [5.74, 6) is 0.309. The zero-order valence-electron chi connectivity index (χ0n) is 10.4. The van der Waals surface area contributed by atoms with Gasteiger partial charge >= 0.3 is 0 Å². The molecule has 96 valence electrons. The standard InChI is InChI=1S/C11H24N2O2S/c1-3-4-9-16(14,15)13-8-6-5-7-11(13)10-12-2/h11-12H,3-10H2,1-2H3. The van der Waals surface area contributed by atoms with Crippen LogP contribution in [0.5, 0.6) is 0 Å². The minimum atomic E-state index is -3.02. The van der Waals surface area contributed by atoms with Gasteiger partial charge in [0.05, 0.1) is 5.75 Å². The van der Waals surface area contributed by atoms with Crippen LogP contribution in [0, 0.1) is 0 Å². The van der Waals surface area contributed by atoms with Crippen molar-refractivity contribution in [2.24, 2.45) is 0 Å². The molecule has 16 heavy (non-hydrogen) atoms. The number of nitrogens with one attached hydrogen (secondary N) is 1. The molecule has 1 fully saturated rings. The van der Waals surface area contributed by atoms with Crippen molar-refractivity contribution < 1.29 is 8.42 Å². The van der Waals surface area contributed by atoms with Crippen molar-refractivity contribution in [1.82, 2.24) is 9.62 Å². The van der Waals surface area contributed by atoms with E-state index in [1.165, 1.54) is 0 Å². The number of likely N-dealkylation sites (N-methyl/N-ethyl adjacent to an activating group) is 1. The predicted octanol–water partition coefficient (Wildman–Crippen LogP) is 1.19. The number of hydrogen-bond acceptors (Lipinski definition) is 3. The lowest BCUT2D eigenvalue weighted by Gasteiger charge is -2.34. The molecule has 1 unspecified atom stereocenters. The summed E-state index contributed by atoms with van der Waals surface area (Å²) in [6, 6.07) is 0.167. The van der Waals surface area contributed by atoms with Crippen LogP contribution < -0.4 is 5.32 Å². The van der Waals surface area contributed by atoms with Crippen LogP contribution in [0.4, 0.5) is 0 Å². The second kappa shape index (κ2) is 6.57. The predicted molar refractivity (Wildman–Crippen MR) is 67.0 cm³/mol. The summed E-state index contributed by atoms with van der Waals surface area (Å²) in [6.07, 6.45) is 4.85. The molecule has 0 amide bonds. The van der Waals surface area contributed by atoms with Gasteiger partial charge in [-0.25, -0.2) is 8.42 Å². The molecule has 0 aliphatic carbocycles. The van der Waals surface area contributed by atoms with Gasteiger partial charge in [-0.15, -0.1) is 0 Å². The van der Waals surface area contributed by atoms with E-state index in [1.807, 2.05) is 14.0 Å². The maximum Gasteiger partial charge on any atom is 0.214 e. The van der Waals surface area contributed by atoms with E-state index in [9.17, 15) is 8.42 Å². The second-order valence-corrected chi connectivity index (χ2v) is 6.53. The van der Waals surface area contributed by atoms with Crippen LogP contribution in [0.25, 0.3) is 0 Å². The minimum Gasteiger partial charge on any atom is -0.318 e. The number of piperidine rings is 1. The lowest BCUT2D eigenvalue weighted by atomic mass is 10.1. The first-order valence-electron chi connectivity index (χ1n) is 6.26. The van der Waals surface area contributed by atoms with Crippen molar-refractivity contribution in [2.45, 2.75) is 45.1 Å². The van der Waals surface area contributed by atoms with Gasteiger partial charge in [0.2, 0.25) is 10.0 Å². The Bertz CT molecular complexity index is 288. The van der Waals surface area contributed by atoms with Gasteiger partial charge in [0.1, 0.15) is 0 Å². The van der Waals surface area contributed by atoms with Crippen LogP contribution in [-0.4, -0.2) is 44.7 Å². The average molecular weight is 248 g/mol. The zero-order chi connectivity index (χ0) is 12.0. The van der Waals surface area contributed by atoms with E-state index >= 15 is 0 Å². The number of sulfonamides is 1. The number of nitrogens with zero attached hydrogens (tertiary/aromatic N) is 1. The van der Waals surface area contributed by atoms with Crippen molar-refractivity contribution >= 4 is 10.0 Å². The van der Waals surface area contributed by atoms with E-state index in [2.05, 4.69) is 5.32 Å². The topological polar surface area (TPSA) is 49.4 Å². The van der Waals surface area contributed by atoms with Crippen LogP contribution in [0.2, 0.25) is 0 Å². The highest BCUT2D eigenvalue weighted by Crippen LogP contribution is 2.20. The molecule has 1 atom stereocenters. The van der Waals surface area contributed by atoms with E-state index in [1.54, 1.807) is 4.31 Å². The molecule has 0 aromatic heterocycles. The first-order valence-corrected chi connectivity index (χ1v) is 7.87. The van der Waals surface area contributed by atoms with Crippen molar-refractivity contribution in [1.29, 1.82) is 0 Å². The van der Waals surface area contributed by atoms with Crippen molar-refractivity contribution in [3.05, 3.63) is 0 Å². The Morgan fingerprint density at radius 3 is 2.75 bits per heavy atom. The summed E-state index contributed by atoms with van der Waals surface area (Å²) in [5.41, 5.74) is 0. The number of rotatable bonds is 6. The fourth-order valence-electron chi connectivity index (χ4n) is 2.22. The third-order valence-corrected chi connectivity index (χ3v) is 5.13. The summed E-state index contributed by atoms with van der Waals surface area (Å²) in [5, 5.41) is 3.09. The quantitative estimate of drug-likeness (QED) is 0.768. The summed E-state index contributed by atoms with van der Waals surface area (Å²) in [7, 11) is -1.14. The Morgan fingerprint density at radius 2 is 2.12 bits per heavy atom. The first-order chi connectivity index (χ1) is 7.61. The molecule has 1 N–H and O–H groups in total. The Balaban J connectivity index is 2.66. The maximum atomic E-state index is 12.1.